The van der Waals surface area contributed by atoms with Gasteiger partial charge in [0.15, 0.2) is 6.29 Å². The van der Waals surface area contributed by atoms with Crippen LogP contribution >= 0.6 is 0 Å². The Hall–Kier alpha value is -1.14. The van der Waals surface area contributed by atoms with Crippen LogP contribution in [0.1, 0.15) is 83.8 Å². The lowest BCUT2D eigenvalue weighted by Gasteiger charge is -2.32. The predicted octanol–water partition coefficient (Wildman–Crippen LogP) is 4.88. The molecule has 1 unspecified atom stereocenters. The maximum atomic E-state index is 10.8. The van der Waals surface area contributed by atoms with Gasteiger partial charge in [-0.05, 0) is 78.9 Å². The first-order valence-electron chi connectivity index (χ1n) is 13.1. The molecule has 3 rings (SSSR count). The van der Waals surface area contributed by atoms with E-state index in [-0.39, 0.29) is 30.1 Å². The van der Waals surface area contributed by atoms with E-state index < -0.39 is 6.29 Å². The first-order valence-corrected chi connectivity index (χ1v) is 13.1. The molecule has 0 aliphatic heterocycles. The minimum atomic E-state index is -0.946. The van der Waals surface area contributed by atoms with Crippen molar-refractivity contribution >= 4 is 0 Å². The average molecular weight is 463 g/mol. The summed E-state index contributed by atoms with van der Waals surface area (Å²) < 4.78 is 11.5. The molecule has 3 N–H and O–H groups in total. The van der Waals surface area contributed by atoms with Gasteiger partial charge in [0.1, 0.15) is 12.4 Å². The summed E-state index contributed by atoms with van der Waals surface area (Å²) in [5, 5.41) is 31.4. The molecule has 5 heteroatoms. The lowest BCUT2D eigenvalue weighted by Crippen LogP contribution is -2.29. The number of benzene rings is 1. The van der Waals surface area contributed by atoms with E-state index in [0.29, 0.717) is 18.4 Å². The fourth-order valence-electron chi connectivity index (χ4n) is 5.65. The van der Waals surface area contributed by atoms with Crippen LogP contribution in [0.5, 0.6) is 5.75 Å². The summed E-state index contributed by atoms with van der Waals surface area (Å²) in [6.45, 7) is 8.98. The maximum Gasteiger partial charge on any atom is 0.189 e. The molecule has 0 radical (unpaired) electrons. The summed E-state index contributed by atoms with van der Waals surface area (Å²) in [6.07, 6.45) is 7.21. The van der Waals surface area contributed by atoms with E-state index in [1.807, 2.05) is 12.1 Å². The molecule has 33 heavy (non-hydrogen) atoms. The van der Waals surface area contributed by atoms with Crippen molar-refractivity contribution in [1.29, 1.82) is 0 Å². The zero-order valence-corrected chi connectivity index (χ0v) is 21.1. The van der Waals surface area contributed by atoms with E-state index >= 15 is 0 Å². The van der Waals surface area contributed by atoms with Crippen molar-refractivity contribution < 1.29 is 24.8 Å². The lowest BCUT2D eigenvalue weighted by atomic mass is 9.73. The van der Waals surface area contributed by atoms with Crippen molar-refractivity contribution in [3.05, 3.63) is 29.3 Å². The molecule has 188 valence electrons. The van der Waals surface area contributed by atoms with Crippen LogP contribution in [0, 0.1) is 23.2 Å². The summed E-state index contributed by atoms with van der Waals surface area (Å²) in [5.74, 6) is 2.00. The Balaban J connectivity index is 1.57. The Bertz CT molecular complexity index is 727. The molecule has 1 fully saturated rings. The van der Waals surface area contributed by atoms with E-state index in [1.54, 1.807) is 0 Å². The molecule has 1 aromatic carbocycles. The van der Waals surface area contributed by atoms with Crippen LogP contribution in [0.3, 0.4) is 0 Å². The van der Waals surface area contributed by atoms with Crippen LogP contribution < -0.4 is 4.74 Å². The Morgan fingerprint density at radius 2 is 1.88 bits per heavy atom. The Morgan fingerprint density at radius 3 is 2.61 bits per heavy atom. The van der Waals surface area contributed by atoms with Gasteiger partial charge in [0.2, 0.25) is 0 Å². The van der Waals surface area contributed by atoms with E-state index in [0.717, 1.165) is 50.7 Å². The van der Waals surface area contributed by atoms with Gasteiger partial charge in [-0.1, -0.05) is 59.1 Å². The smallest absolute Gasteiger partial charge is 0.189 e. The number of rotatable bonds is 12. The molecule has 0 heterocycles. The standard InChI is InChI=1S/C28H46O5/c1-5-6-7-10-21(29)12-13-22-23-14-19-9-8-11-26(24(19)15-20(23)16-25(22)30)32-17-27(31)33-18-28(2,3)4/h8-9,11,20-23,25,27,29-31H,5-7,10,12-18H2,1-4H3/t20-,21+,22+,23-,25+,27?/m0/s1. The molecule has 0 saturated heterocycles. The van der Waals surface area contributed by atoms with E-state index in [1.165, 1.54) is 24.0 Å². The van der Waals surface area contributed by atoms with Crippen molar-refractivity contribution in [3.63, 3.8) is 0 Å². The van der Waals surface area contributed by atoms with Crippen LogP contribution in [0.4, 0.5) is 0 Å². The molecule has 6 atom stereocenters. The first-order chi connectivity index (χ1) is 15.7. The Labute approximate surface area is 200 Å². The third-order valence-corrected chi connectivity index (χ3v) is 7.41. The summed E-state index contributed by atoms with van der Waals surface area (Å²) in [4.78, 5) is 0. The topological polar surface area (TPSA) is 79.2 Å². The van der Waals surface area contributed by atoms with Gasteiger partial charge in [0, 0.05) is 0 Å². The molecule has 0 bridgehead atoms. The molecule has 2 aliphatic carbocycles. The highest BCUT2D eigenvalue weighted by Gasteiger charge is 2.44. The van der Waals surface area contributed by atoms with Crippen molar-refractivity contribution in [2.75, 3.05) is 13.2 Å². The zero-order chi connectivity index (χ0) is 24.0. The van der Waals surface area contributed by atoms with E-state index in [4.69, 9.17) is 9.47 Å². The molecule has 5 nitrogen and oxygen atoms in total. The Kier molecular flexibility index (Phi) is 9.63. The number of hydrogen-bond donors (Lipinski definition) is 3. The SMILES string of the molecule is CCCCC[C@@H](O)CC[C@@H]1[C@H]2Cc3cccc(OCC(O)OCC(C)(C)C)c3C[C@H]2C[C@H]1O. The fourth-order valence-corrected chi connectivity index (χ4v) is 5.65. The third-order valence-electron chi connectivity index (χ3n) is 7.41. The Morgan fingerprint density at radius 1 is 1.09 bits per heavy atom. The van der Waals surface area contributed by atoms with Crippen molar-refractivity contribution in [2.24, 2.45) is 23.2 Å². The quantitative estimate of drug-likeness (QED) is 0.305. The summed E-state index contributed by atoms with van der Waals surface area (Å²) in [7, 11) is 0. The van der Waals surface area contributed by atoms with Gasteiger partial charge in [0.05, 0.1) is 18.8 Å². The van der Waals surface area contributed by atoms with Crippen molar-refractivity contribution in [3.8, 4) is 5.75 Å². The number of ether oxygens (including phenoxy) is 2. The molecule has 0 aromatic heterocycles. The highest BCUT2D eigenvalue weighted by molar-refractivity contribution is 5.43. The van der Waals surface area contributed by atoms with Gasteiger partial charge in [-0.2, -0.15) is 0 Å². The van der Waals surface area contributed by atoms with Gasteiger partial charge in [-0.3, -0.25) is 0 Å². The minimum Gasteiger partial charge on any atom is -0.488 e. The van der Waals surface area contributed by atoms with E-state index in [2.05, 4.69) is 33.8 Å². The number of hydrogen-bond acceptors (Lipinski definition) is 5. The van der Waals surface area contributed by atoms with Crippen LogP contribution in [0.15, 0.2) is 18.2 Å². The molecule has 0 amide bonds. The number of fused-ring (bicyclic) bond motifs is 2. The molecule has 1 saturated carbocycles. The second kappa shape index (κ2) is 12.0. The zero-order valence-electron chi connectivity index (χ0n) is 21.1. The lowest BCUT2D eigenvalue weighted by molar-refractivity contribution is -0.136. The van der Waals surface area contributed by atoms with E-state index in [9.17, 15) is 15.3 Å². The van der Waals surface area contributed by atoms with Crippen LogP contribution in [-0.2, 0) is 17.6 Å². The van der Waals surface area contributed by atoms with Crippen LogP contribution in [-0.4, -0.2) is 47.0 Å². The number of aliphatic hydroxyl groups excluding tert-OH is 3. The van der Waals surface area contributed by atoms with Gasteiger partial charge in [0.25, 0.3) is 0 Å². The van der Waals surface area contributed by atoms with Gasteiger partial charge < -0.3 is 24.8 Å². The highest BCUT2D eigenvalue weighted by Crippen LogP contribution is 2.48. The van der Waals surface area contributed by atoms with Crippen LogP contribution in [0.25, 0.3) is 0 Å². The van der Waals surface area contributed by atoms with Crippen LogP contribution in [0.2, 0.25) is 0 Å². The largest absolute Gasteiger partial charge is 0.488 e. The van der Waals surface area contributed by atoms with Gasteiger partial charge in [-0.15, -0.1) is 0 Å². The monoisotopic (exact) mass is 462 g/mol. The minimum absolute atomic E-state index is 0.00664. The second-order valence-corrected chi connectivity index (χ2v) is 11.6. The molecule has 0 spiro atoms. The summed E-state index contributed by atoms with van der Waals surface area (Å²) in [5.41, 5.74) is 2.50. The van der Waals surface area contributed by atoms with Gasteiger partial charge in [-0.25, -0.2) is 0 Å². The highest BCUT2D eigenvalue weighted by atomic mass is 16.6. The first kappa shape index (κ1) is 26.5. The molecular weight excluding hydrogens is 416 g/mol. The average Bonchev–Trinajstić information content (AvgIpc) is 3.06. The third kappa shape index (κ3) is 7.68. The fraction of sp³-hybridized carbons (Fsp3) is 0.786. The number of aliphatic hydroxyl groups is 3. The van der Waals surface area contributed by atoms with Gasteiger partial charge >= 0.3 is 0 Å². The van der Waals surface area contributed by atoms with Crippen molar-refractivity contribution in [1.82, 2.24) is 0 Å². The van der Waals surface area contributed by atoms with Crippen molar-refractivity contribution in [2.45, 2.75) is 104 Å². The summed E-state index contributed by atoms with van der Waals surface area (Å²) >= 11 is 0. The second-order valence-electron chi connectivity index (χ2n) is 11.6. The molecular formula is C28H46O5. The normalized spacial score (nSPS) is 26.5. The molecule has 2 aliphatic rings. The number of unbranched alkanes of at least 4 members (excludes halogenated alkanes) is 2. The predicted molar refractivity (Wildman–Crippen MR) is 131 cm³/mol. The maximum absolute atomic E-state index is 10.8. The summed E-state index contributed by atoms with van der Waals surface area (Å²) in [6, 6.07) is 6.17. The molecule has 1 aromatic rings.